The van der Waals surface area contributed by atoms with Gasteiger partial charge in [-0.3, -0.25) is 4.98 Å². The van der Waals surface area contributed by atoms with Gasteiger partial charge in [0.25, 0.3) is 0 Å². The van der Waals surface area contributed by atoms with E-state index in [1.807, 2.05) is 12.1 Å². The third kappa shape index (κ3) is 7.73. The van der Waals surface area contributed by atoms with Crippen molar-refractivity contribution in [2.24, 2.45) is 0 Å². The fraction of sp³-hybridized carbons (Fsp3) is 0.500. The van der Waals surface area contributed by atoms with Crippen molar-refractivity contribution >= 4 is 15.9 Å². The Labute approximate surface area is 83.3 Å². The first-order valence-corrected chi connectivity index (χ1v) is 5.16. The molecule has 0 bridgehead atoms. The number of rotatable bonds is 2. The molecule has 12 heavy (non-hydrogen) atoms. The highest BCUT2D eigenvalue weighted by atomic mass is 79.9. The Kier molecular flexibility index (Phi) is 8.46. The second-order valence-electron chi connectivity index (χ2n) is 2.52. The summed E-state index contributed by atoms with van der Waals surface area (Å²) >= 11 is 3.25. The van der Waals surface area contributed by atoms with E-state index in [0.29, 0.717) is 0 Å². The van der Waals surface area contributed by atoms with Crippen LogP contribution < -0.4 is 0 Å². The molecule has 0 saturated heterocycles. The van der Waals surface area contributed by atoms with Crippen molar-refractivity contribution in [3.8, 4) is 0 Å². The van der Waals surface area contributed by atoms with Gasteiger partial charge in [-0.25, -0.2) is 0 Å². The lowest BCUT2D eigenvalue weighted by Gasteiger charge is -1.80. The Bertz CT molecular complexity index is 172. The highest BCUT2D eigenvalue weighted by molar-refractivity contribution is 9.10. The smallest absolute Gasteiger partial charge is 0.0410 e. The molecule has 0 unspecified atom stereocenters. The van der Waals surface area contributed by atoms with E-state index in [9.17, 15) is 0 Å². The molecule has 1 aromatic rings. The molecule has 0 aliphatic carbocycles. The summed E-state index contributed by atoms with van der Waals surface area (Å²) in [5.41, 5.74) is 0. The molecule has 1 aromatic heterocycles. The molecule has 68 valence electrons. The minimum Gasteiger partial charge on any atom is -0.264 e. The third-order valence-corrected chi connectivity index (χ3v) is 1.80. The Morgan fingerprint density at radius 3 is 2.17 bits per heavy atom. The van der Waals surface area contributed by atoms with Crippen LogP contribution in [0.4, 0.5) is 0 Å². The van der Waals surface area contributed by atoms with Gasteiger partial charge in [0.15, 0.2) is 0 Å². The molecule has 0 saturated carbocycles. The Morgan fingerprint density at radius 1 is 1.33 bits per heavy atom. The summed E-state index contributed by atoms with van der Waals surface area (Å²) in [6, 6.07) is 3.82. The maximum atomic E-state index is 3.84. The molecule has 0 aliphatic heterocycles. The third-order valence-electron chi connectivity index (χ3n) is 1.33. The van der Waals surface area contributed by atoms with E-state index in [4.69, 9.17) is 0 Å². The van der Waals surface area contributed by atoms with Crippen molar-refractivity contribution in [2.45, 2.75) is 33.1 Å². The summed E-state index contributed by atoms with van der Waals surface area (Å²) in [6.45, 7) is 4.42. The van der Waals surface area contributed by atoms with Gasteiger partial charge >= 0.3 is 0 Å². The molecule has 1 rings (SSSR count). The zero-order valence-corrected chi connectivity index (χ0v) is 9.34. The van der Waals surface area contributed by atoms with Crippen molar-refractivity contribution in [1.82, 2.24) is 4.98 Å². The zero-order valence-electron chi connectivity index (χ0n) is 7.76. The minimum absolute atomic E-state index is 1.02. The second-order valence-corrected chi connectivity index (χ2v) is 3.44. The largest absolute Gasteiger partial charge is 0.264 e. The first-order valence-electron chi connectivity index (χ1n) is 4.36. The van der Waals surface area contributed by atoms with Crippen molar-refractivity contribution < 1.29 is 0 Å². The lowest BCUT2D eigenvalue weighted by Crippen LogP contribution is -1.64. The van der Waals surface area contributed by atoms with Crippen molar-refractivity contribution in [3.05, 3.63) is 29.0 Å². The fourth-order valence-corrected chi connectivity index (χ4v) is 0.966. The van der Waals surface area contributed by atoms with Crippen molar-refractivity contribution in [1.29, 1.82) is 0 Å². The number of aromatic nitrogens is 1. The van der Waals surface area contributed by atoms with Crippen molar-refractivity contribution in [3.63, 3.8) is 0 Å². The topological polar surface area (TPSA) is 12.9 Å². The molecule has 0 aliphatic rings. The van der Waals surface area contributed by atoms with Gasteiger partial charge in [0.2, 0.25) is 0 Å². The summed E-state index contributed by atoms with van der Waals surface area (Å²) < 4.78 is 1.02. The van der Waals surface area contributed by atoms with Crippen LogP contribution >= 0.6 is 15.9 Å². The van der Waals surface area contributed by atoms with Gasteiger partial charge < -0.3 is 0 Å². The Morgan fingerprint density at radius 2 is 2.00 bits per heavy atom. The SMILES string of the molecule is Brc1cccnc1.CCCCC. The molecule has 0 spiro atoms. The zero-order chi connectivity index (χ0) is 9.23. The summed E-state index contributed by atoms with van der Waals surface area (Å²) in [5, 5.41) is 0. The van der Waals surface area contributed by atoms with E-state index < -0.39 is 0 Å². The first kappa shape index (κ1) is 11.6. The normalized spacial score (nSPS) is 8.58. The quantitative estimate of drug-likeness (QED) is 0.747. The van der Waals surface area contributed by atoms with Crippen LogP contribution in [-0.2, 0) is 0 Å². The molecule has 1 heterocycles. The van der Waals surface area contributed by atoms with Crippen LogP contribution in [0.1, 0.15) is 33.1 Å². The van der Waals surface area contributed by atoms with Crippen LogP contribution in [0.2, 0.25) is 0 Å². The number of hydrogen-bond acceptors (Lipinski definition) is 1. The van der Waals surface area contributed by atoms with Gasteiger partial charge in [-0.15, -0.1) is 0 Å². The highest BCUT2D eigenvalue weighted by Crippen LogP contribution is 2.02. The van der Waals surface area contributed by atoms with Gasteiger partial charge in [-0.05, 0) is 28.1 Å². The van der Waals surface area contributed by atoms with E-state index in [1.165, 1.54) is 19.3 Å². The fourth-order valence-electron chi connectivity index (χ4n) is 0.695. The molecule has 0 atom stereocenters. The van der Waals surface area contributed by atoms with Crippen LogP contribution in [0, 0.1) is 0 Å². The lowest BCUT2D eigenvalue weighted by molar-refractivity contribution is 0.772. The number of pyridine rings is 1. The number of unbranched alkanes of at least 4 members (excludes halogenated alkanes) is 2. The molecule has 0 radical (unpaired) electrons. The molecule has 2 heteroatoms. The number of hydrogen-bond donors (Lipinski definition) is 0. The molecule has 0 N–H and O–H groups in total. The highest BCUT2D eigenvalue weighted by Gasteiger charge is 1.75. The van der Waals surface area contributed by atoms with Crippen molar-refractivity contribution in [2.75, 3.05) is 0 Å². The van der Waals surface area contributed by atoms with E-state index in [-0.39, 0.29) is 0 Å². The monoisotopic (exact) mass is 229 g/mol. The maximum Gasteiger partial charge on any atom is 0.0410 e. The van der Waals surface area contributed by atoms with Crippen LogP contribution in [0.5, 0.6) is 0 Å². The lowest BCUT2D eigenvalue weighted by atomic mass is 10.3. The predicted molar refractivity (Wildman–Crippen MR) is 57.1 cm³/mol. The Balaban J connectivity index is 0.000000217. The first-order chi connectivity index (χ1) is 5.81. The van der Waals surface area contributed by atoms with Gasteiger partial charge in [0.05, 0.1) is 0 Å². The summed E-state index contributed by atoms with van der Waals surface area (Å²) in [6.07, 6.45) is 7.57. The minimum atomic E-state index is 1.02. The van der Waals surface area contributed by atoms with Gasteiger partial charge in [0.1, 0.15) is 0 Å². The van der Waals surface area contributed by atoms with E-state index in [1.54, 1.807) is 12.4 Å². The van der Waals surface area contributed by atoms with Crippen LogP contribution in [0.25, 0.3) is 0 Å². The number of nitrogens with zero attached hydrogens (tertiary/aromatic N) is 1. The van der Waals surface area contributed by atoms with Gasteiger partial charge in [-0.1, -0.05) is 33.1 Å². The Hall–Kier alpha value is -0.370. The summed E-state index contributed by atoms with van der Waals surface area (Å²) in [4.78, 5) is 3.84. The molecule has 0 fully saturated rings. The molecule has 0 amide bonds. The van der Waals surface area contributed by atoms with Crippen LogP contribution in [0.15, 0.2) is 29.0 Å². The van der Waals surface area contributed by atoms with Crippen LogP contribution in [-0.4, -0.2) is 4.98 Å². The maximum absolute atomic E-state index is 3.84. The molecule has 0 aromatic carbocycles. The number of halogens is 1. The van der Waals surface area contributed by atoms with E-state index in [2.05, 4.69) is 34.8 Å². The summed E-state index contributed by atoms with van der Waals surface area (Å²) in [5.74, 6) is 0. The molecule has 1 nitrogen and oxygen atoms in total. The predicted octanol–water partition coefficient (Wildman–Crippen LogP) is 4.04. The average Bonchev–Trinajstić information content (AvgIpc) is 2.08. The van der Waals surface area contributed by atoms with E-state index >= 15 is 0 Å². The average molecular weight is 230 g/mol. The summed E-state index contributed by atoms with van der Waals surface area (Å²) in [7, 11) is 0. The van der Waals surface area contributed by atoms with Crippen LogP contribution in [0.3, 0.4) is 0 Å². The standard InChI is InChI=1S/C5H4BrN.C5H12/c6-5-2-1-3-7-4-5;1-3-5-4-2/h1-4H;3-5H2,1-2H3. The molecular weight excluding hydrogens is 214 g/mol. The second kappa shape index (κ2) is 8.72. The van der Waals surface area contributed by atoms with E-state index in [0.717, 1.165) is 4.47 Å². The molecular formula is C10H16BrN. The van der Waals surface area contributed by atoms with Gasteiger partial charge in [-0.2, -0.15) is 0 Å². The van der Waals surface area contributed by atoms with Gasteiger partial charge in [0, 0.05) is 16.9 Å².